The maximum absolute atomic E-state index is 5.53. The zero-order valence-corrected chi connectivity index (χ0v) is 6.31. The average molecular weight is 126 g/mol. The van der Waals surface area contributed by atoms with Crippen molar-refractivity contribution in [2.24, 2.45) is 10.7 Å². The van der Waals surface area contributed by atoms with E-state index in [4.69, 9.17) is 5.73 Å². The molecule has 0 heterocycles. The topological polar surface area (TPSA) is 38.4 Å². The van der Waals surface area contributed by atoms with Gasteiger partial charge in [-0.15, -0.1) is 0 Å². The number of nitrogens with zero attached hydrogens (tertiary/aromatic N) is 1. The molecule has 0 saturated carbocycles. The molecule has 0 aliphatic heterocycles. The standard InChI is InChI=1S/C7H14N2/c1-4-7(8)5-6(2)9-3/h5H,4,8H2,1-3H3. The molecule has 2 heteroatoms. The van der Waals surface area contributed by atoms with Crippen molar-refractivity contribution < 1.29 is 0 Å². The monoisotopic (exact) mass is 126 g/mol. The van der Waals surface area contributed by atoms with Crippen LogP contribution >= 0.6 is 0 Å². The van der Waals surface area contributed by atoms with E-state index in [1.807, 2.05) is 19.9 Å². The van der Waals surface area contributed by atoms with Gasteiger partial charge in [0.1, 0.15) is 0 Å². The van der Waals surface area contributed by atoms with Gasteiger partial charge in [-0.25, -0.2) is 0 Å². The quantitative estimate of drug-likeness (QED) is 0.557. The zero-order valence-electron chi connectivity index (χ0n) is 6.31. The number of rotatable bonds is 2. The minimum atomic E-state index is 0.887. The summed E-state index contributed by atoms with van der Waals surface area (Å²) in [7, 11) is 1.76. The van der Waals surface area contributed by atoms with Crippen molar-refractivity contribution in [3.05, 3.63) is 11.8 Å². The first kappa shape index (κ1) is 8.21. The van der Waals surface area contributed by atoms with Crippen LogP contribution in [-0.2, 0) is 0 Å². The third-order valence-corrected chi connectivity index (χ3v) is 1.16. The Morgan fingerprint density at radius 2 is 2.22 bits per heavy atom. The molecular weight excluding hydrogens is 112 g/mol. The van der Waals surface area contributed by atoms with Crippen molar-refractivity contribution in [1.82, 2.24) is 0 Å². The third kappa shape index (κ3) is 3.76. The fourth-order valence-corrected chi connectivity index (χ4v) is 0.435. The predicted octanol–water partition coefficient (Wildman–Crippen LogP) is 1.33. The Kier molecular flexibility index (Phi) is 3.76. The van der Waals surface area contributed by atoms with Crippen LogP contribution in [-0.4, -0.2) is 12.8 Å². The Morgan fingerprint density at radius 1 is 1.67 bits per heavy atom. The summed E-state index contributed by atoms with van der Waals surface area (Å²) in [5, 5.41) is 0. The lowest BCUT2D eigenvalue weighted by atomic mass is 10.3. The lowest BCUT2D eigenvalue weighted by Crippen LogP contribution is -1.98. The molecule has 52 valence electrons. The first-order chi connectivity index (χ1) is 4.20. The summed E-state index contributed by atoms with van der Waals surface area (Å²) in [4.78, 5) is 3.94. The molecule has 0 unspecified atom stereocenters. The molecule has 0 spiro atoms. The van der Waals surface area contributed by atoms with Gasteiger partial charge in [0.05, 0.1) is 0 Å². The van der Waals surface area contributed by atoms with Crippen LogP contribution in [0.15, 0.2) is 16.8 Å². The van der Waals surface area contributed by atoms with Crippen LogP contribution in [0.4, 0.5) is 0 Å². The van der Waals surface area contributed by atoms with E-state index < -0.39 is 0 Å². The van der Waals surface area contributed by atoms with Gasteiger partial charge in [-0.05, 0) is 19.4 Å². The van der Waals surface area contributed by atoms with Gasteiger partial charge in [-0.1, -0.05) is 6.92 Å². The molecule has 0 aromatic rings. The lowest BCUT2D eigenvalue weighted by Gasteiger charge is -1.93. The number of nitrogens with two attached hydrogens (primary N) is 1. The first-order valence-corrected chi connectivity index (χ1v) is 3.10. The highest BCUT2D eigenvalue weighted by Crippen LogP contribution is 1.90. The predicted molar refractivity (Wildman–Crippen MR) is 41.6 cm³/mol. The second kappa shape index (κ2) is 4.13. The largest absolute Gasteiger partial charge is 0.402 e. The van der Waals surface area contributed by atoms with Crippen LogP contribution in [0, 0.1) is 0 Å². The van der Waals surface area contributed by atoms with Crippen molar-refractivity contribution in [1.29, 1.82) is 0 Å². The summed E-state index contributed by atoms with van der Waals surface area (Å²) in [5.41, 5.74) is 7.40. The molecule has 0 rings (SSSR count). The van der Waals surface area contributed by atoms with Crippen molar-refractivity contribution in [2.75, 3.05) is 7.05 Å². The van der Waals surface area contributed by atoms with E-state index in [1.165, 1.54) is 0 Å². The highest BCUT2D eigenvalue weighted by molar-refractivity contribution is 5.93. The molecule has 2 N–H and O–H groups in total. The summed E-state index contributed by atoms with van der Waals surface area (Å²) < 4.78 is 0. The normalized spacial score (nSPS) is 14.1. The SMILES string of the molecule is CCC(N)=CC(C)=NC. The first-order valence-electron chi connectivity index (χ1n) is 3.10. The van der Waals surface area contributed by atoms with Gasteiger partial charge in [0, 0.05) is 18.5 Å². The maximum atomic E-state index is 5.53. The molecule has 0 aromatic carbocycles. The smallest absolute Gasteiger partial charge is 0.0330 e. The van der Waals surface area contributed by atoms with Gasteiger partial charge >= 0.3 is 0 Å². The molecule has 0 saturated heterocycles. The molecule has 0 bridgehead atoms. The van der Waals surface area contributed by atoms with E-state index in [-0.39, 0.29) is 0 Å². The Hall–Kier alpha value is -0.790. The fourth-order valence-electron chi connectivity index (χ4n) is 0.435. The number of allylic oxidation sites excluding steroid dienone is 2. The van der Waals surface area contributed by atoms with Gasteiger partial charge in [0.15, 0.2) is 0 Å². The van der Waals surface area contributed by atoms with Crippen LogP contribution in [0.25, 0.3) is 0 Å². The molecule has 9 heavy (non-hydrogen) atoms. The van der Waals surface area contributed by atoms with Crippen LogP contribution in [0.1, 0.15) is 20.3 Å². The minimum Gasteiger partial charge on any atom is -0.402 e. The Balaban J connectivity index is 3.95. The summed E-state index contributed by atoms with van der Waals surface area (Å²) in [6, 6.07) is 0. The molecule has 0 aliphatic carbocycles. The Morgan fingerprint density at radius 3 is 2.56 bits per heavy atom. The van der Waals surface area contributed by atoms with Gasteiger partial charge in [-0.2, -0.15) is 0 Å². The second-order valence-electron chi connectivity index (χ2n) is 1.94. The van der Waals surface area contributed by atoms with E-state index in [2.05, 4.69) is 4.99 Å². The van der Waals surface area contributed by atoms with Crippen LogP contribution < -0.4 is 5.73 Å². The lowest BCUT2D eigenvalue weighted by molar-refractivity contribution is 1.07. The third-order valence-electron chi connectivity index (χ3n) is 1.16. The van der Waals surface area contributed by atoms with E-state index in [0.29, 0.717) is 0 Å². The summed E-state index contributed by atoms with van der Waals surface area (Å²) in [5.74, 6) is 0. The fraction of sp³-hybridized carbons (Fsp3) is 0.571. The van der Waals surface area contributed by atoms with Crippen LogP contribution in [0.3, 0.4) is 0 Å². The average Bonchev–Trinajstić information content (AvgIpc) is 1.87. The van der Waals surface area contributed by atoms with Crippen molar-refractivity contribution in [3.8, 4) is 0 Å². The minimum absolute atomic E-state index is 0.887. The molecule has 0 fully saturated rings. The zero-order chi connectivity index (χ0) is 7.28. The summed E-state index contributed by atoms with van der Waals surface area (Å²) in [6.07, 6.45) is 2.78. The Bertz CT molecular complexity index is 134. The number of hydrogen-bond acceptors (Lipinski definition) is 2. The van der Waals surface area contributed by atoms with Gasteiger partial charge in [0.25, 0.3) is 0 Å². The highest BCUT2D eigenvalue weighted by Gasteiger charge is 1.84. The molecular formula is C7H14N2. The molecule has 2 nitrogen and oxygen atoms in total. The van der Waals surface area contributed by atoms with E-state index >= 15 is 0 Å². The second-order valence-corrected chi connectivity index (χ2v) is 1.94. The molecule has 0 atom stereocenters. The van der Waals surface area contributed by atoms with Gasteiger partial charge in [0.2, 0.25) is 0 Å². The highest BCUT2D eigenvalue weighted by atomic mass is 14.7. The molecule has 0 aliphatic rings. The van der Waals surface area contributed by atoms with Crippen LogP contribution in [0.5, 0.6) is 0 Å². The Labute approximate surface area is 56.5 Å². The molecule has 0 amide bonds. The molecule has 0 radical (unpaired) electrons. The van der Waals surface area contributed by atoms with Gasteiger partial charge < -0.3 is 5.73 Å². The molecule has 0 aromatic heterocycles. The van der Waals surface area contributed by atoms with Gasteiger partial charge in [-0.3, -0.25) is 4.99 Å². The van der Waals surface area contributed by atoms with Crippen molar-refractivity contribution in [3.63, 3.8) is 0 Å². The van der Waals surface area contributed by atoms with E-state index in [1.54, 1.807) is 7.05 Å². The summed E-state index contributed by atoms with van der Waals surface area (Å²) >= 11 is 0. The van der Waals surface area contributed by atoms with Crippen molar-refractivity contribution >= 4 is 5.71 Å². The van der Waals surface area contributed by atoms with E-state index in [0.717, 1.165) is 17.8 Å². The van der Waals surface area contributed by atoms with Crippen LogP contribution in [0.2, 0.25) is 0 Å². The number of aliphatic imine (C=N–C) groups is 1. The number of hydrogen-bond donors (Lipinski definition) is 1. The maximum Gasteiger partial charge on any atom is 0.0330 e. The van der Waals surface area contributed by atoms with Crippen molar-refractivity contribution in [2.45, 2.75) is 20.3 Å². The van der Waals surface area contributed by atoms with E-state index in [9.17, 15) is 0 Å². The summed E-state index contributed by atoms with van der Waals surface area (Å²) in [6.45, 7) is 3.96.